The molecule has 2 heteroatoms. The third-order valence-corrected chi connectivity index (χ3v) is 3.26. The zero-order valence-corrected chi connectivity index (χ0v) is 9.99. The molecule has 0 aromatic heterocycles. The van der Waals surface area contributed by atoms with E-state index < -0.39 is 0 Å². The highest BCUT2D eigenvalue weighted by Crippen LogP contribution is 2.40. The molecule has 1 unspecified atom stereocenters. The molecule has 1 nitrogen and oxygen atoms in total. The van der Waals surface area contributed by atoms with E-state index in [2.05, 4.69) is 33.4 Å². The zero-order chi connectivity index (χ0) is 9.95. The molecule has 0 spiro atoms. The molecular formula is C11H22OS. The second-order valence-corrected chi connectivity index (χ2v) is 5.66. The van der Waals surface area contributed by atoms with Gasteiger partial charge in [-0.25, -0.2) is 0 Å². The third kappa shape index (κ3) is 3.51. The summed E-state index contributed by atoms with van der Waals surface area (Å²) in [5.41, 5.74) is 0.577. The predicted molar refractivity (Wildman–Crippen MR) is 60.5 cm³/mol. The quantitative estimate of drug-likeness (QED) is 0.691. The topological polar surface area (TPSA) is 9.23 Å². The first-order chi connectivity index (χ1) is 5.97. The van der Waals surface area contributed by atoms with Gasteiger partial charge in [-0.3, -0.25) is 0 Å². The molecule has 78 valence electrons. The van der Waals surface area contributed by atoms with E-state index in [9.17, 15) is 0 Å². The van der Waals surface area contributed by atoms with Crippen molar-refractivity contribution < 1.29 is 4.74 Å². The van der Waals surface area contributed by atoms with Crippen molar-refractivity contribution in [2.45, 2.75) is 52.1 Å². The van der Waals surface area contributed by atoms with Crippen LogP contribution in [0.15, 0.2) is 0 Å². The first kappa shape index (κ1) is 11.4. The molecule has 0 saturated carbocycles. The van der Waals surface area contributed by atoms with Gasteiger partial charge in [0.1, 0.15) is 0 Å². The van der Waals surface area contributed by atoms with Crippen molar-refractivity contribution in [1.82, 2.24) is 0 Å². The number of rotatable bonds is 3. The average molecular weight is 202 g/mol. The molecule has 1 atom stereocenters. The van der Waals surface area contributed by atoms with E-state index in [1.807, 2.05) is 0 Å². The summed E-state index contributed by atoms with van der Waals surface area (Å²) in [5.74, 6) is 0.972. The first-order valence-corrected chi connectivity index (χ1v) is 5.86. The molecule has 1 heterocycles. The maximum atomic E-state index is 5.87. The van der Waals surface area contributed by atoms with Crippen LogP contribution in [-0.4, -0.2) is 18.0 Å². The smallest absolute Gasteiger partial charge is 0.0659 e. The van der Waals surface area contributed by atoms with Crippen LogP contribution in [0.2, 0.25) is 0 Å². The van der Waals surface area contributed by atoms with Crippen molar-refractivity contribution in [3.63, 3.8) is 0 Å². The maximum Gasteiger partial charge on any atom is 0.0659 e. The van der Waals surface area contributed by atoms with Gasteiger partial charge in [0, 0.05) is 6.61 Å². The normalized spacial score (nSPS) is 33.2. The van der Waals surface area contributed by atoms with Crippen LogP contribution in [0.3, 0.4) is 0 Å². The molecule has 0 N–H and O–H groups in total. The van der Waals surface area contributed by atoms with Crippen LogP contribution >= 0.6 is 12.6 Å². The average Bonchev–Trinajstić information content (AvgIpc) is 1.98. The van der Waals surface area contributed by atoms with Crippen molar-refractivity contribution in [3.8, 4) is 0 Å². The number of ether oxygens (including phenoxy) is 1. The monoisotopic (exact) mass is 202 g/mol. The summed E-state index contributed by atoms with van der Waals surface area (Å²) in [6.07, 6.45) is 4.70. The largest absolute Gasteiger partial charge is 0.375 e. The molecule has 0 radical (unpaired) electrons. The molecule has 1 fully saturated rings. The fourth-order valence-corrected chi connectivity index (χ4v) is 2.50. The van der Waals surface area contributed by atoms with E-state index in [1.54, 1.807) is 0 Å². The summed E-state index contributed by atoms with van der Waals surface area (Å²) in [4.78, 5) is 0. The van der Waals surface area contributed by atoms with Gasteiger partial charge in [0.25, 0.3) is 0 Å². The highest BCUT2D eigenvalue weighted by Gasteiger charge is 2.36. The van der Waals surface area contributed by atoms with Crippen molar-refractivity contribution in [2.75, 3.05) is 12.4 Å². The van der Waals surface area contributed by atoms with Crippen LogP contribution in [0.25, 0.3) is 0 Å². The lowest BCUT2D eigenvalue weighted by Gasteiger charge is -2.43. The van der Waals surface area contributed by atoms with E-state index in [0.29, 0.717) is 5.41 Å². The molecule has 1 aliphatic heterocycles. The lowest BCUT2D eigenvalue weighted by molar-refractivity contribution is -0.111. The molecule has 13 heavy (non-hydrogen) atoms. The standard InChI is InChI=1S/C11H22OS/c1-10(2)6-7-12-11(3,9-10)5-4-8-13/h13H,4-9H2,1-3H3. The van der Waals surface area contributed by atoms with Crippen LogP contribution in [0, 0.1) is 5.41 Å². The van der Waals surface area contributed by atoms with Crippen molar-refractivity contribution >= 4 is 12.6 Å². The highest BCUT2D eigenvalue weighted by molar-refractivity contribution is 7.80. The second kappa shape index (κ2) is 4.22. The Hall–Kier alpha value is 0.310. The summed E-state index contributed by atoms with van der Waals surface area (Å²) >= 11 is 4.25. The van der Waals surface area contributed by atoms with Crippen molar-refractivity contribution in [2.24, 2.45) is 5.41 Å². The summed E-state index contributed by atoms with van der Waals surface area (Å²) in [6, 6.07) is 0. The Labute approximate surface area is 87.7 Å². The Morgan fingerprint density at radius 2 is 2.00 bits per heavy atom. The molecular weight excluding hydrogens is 180 g/mol. The second-order valence-electron chi connectivity index (χ2n) is 5.22. The first-order valence-electron chi connectivity index (χ1n) is 5.22. The summed E-state index contributed by atoms with van der Waals surface area (Å²) < 4.78 is 5.87. The number of hydrogen-bond acceptors (Lipinski definition) is 2. The summed E-state index contributed by atoms with van der Waals surface area (Å²) in [5, 5.41) is 0. The number of thiol groups is 1. The fourth-order valence-electron chi connectivity index (χ4n) is 2.34. The molecule has 0 bridgehead atoms. The minimum absolute atomic E-state index is 0.116. The van der Waals surface area contributed by atoms with Gasteiger partial charge in [-0.2, -0.15) is 12.6 Å². The van der Waals surface area contributed by atoms with E-state index in [1.165, 1.54) is 12.8 Å². The molecule has 0 amide bonds. The molecule has 1 aliphatic rings. The van der Waals surface area contributed by atoms with Gasteiger partial charge >= 0.3 is 0 Å². The van der Waals surface area contributed by atoms with Crippen LogP contribution < -0.4 is 0 Å². The Morgan fingerprint density at radius 1 is 1.31 bits per heavy atom. The van der Waals surface area contributed by atoms with Crippen LogP contribution in [0.4, 0.5) is 0 Å². The van der Waals surface area contributed by atoms with Gasteiger partial charge in [-0.1, -0.05) is 13.8 Å². The Bertz CT molecular complexity index is 167. The molecule has 1 rings (SSSR count). The molecule has 1 saturated heterocycles. The summed E-state index contributed by atoms with van der Waals surface area (Å²) in [6.45, 7) is 7.86. The zero-order valence-electron chi connectivity index (χ0n) is 9.10. The van der Waals surface area contributed by atoms with E-state index in [4.69, 9.17) is 4.74 Å². The van der Waals surface area contributed by atoms with Crippen LogP contribution in [0.5, 0.6) is 0 Å². The minimum atomic E-state index is 0.116. The fraction of sp³-hybridized carbons (Fsp3) is 1.00. The van der Waals surface area contributed by atoms with Gasteiger partial charge in [-0.15, -0.1) is 0 Å². The molecule has 0 aliphatic carbocycles. The predicted octanol–water partition coefficient (Wildman–Crippen LogP) is 3.29. The van der Waals surface area contributed by atoms with Gasteiger partial charge < -0.3 is 4.74 Å². The van der Waals surface area contributed by atoms with Gasteiger partial charge in [-0.05, 0) is 43.8 Å². The Morgan fingerprint density at radius 3 is 2.54 bits per heavy atom. The molecule has 0 aromatic carbocycles. The SMILES string of the molecule is CC1(C)CCOC(C)(CCCS)C1. The lowest BCUT2D eigenvalue weighted by atomic mass is 9.75. The minimum Gasteiger partial charge on any atom is -0.375 e. The van der Waals surface area contributed by atoms with Gasteiger partial charge in [0.2, 0.25) is 0 Å². The van der Waals surface area contributed by atoms with Crippen LogP contribution in [-0.2, 0) is 4.74 Å². The van der Waals surface area contributed by atoms with Crippen molar-refractivity contribution in [1.29, 1.82) is 0 Å². The van der Waals surface area contributed by atoms with E-state index >= 15 is 0 Å². The highest BCUT2D eigenvalue weighted by atomic mass is 32.1. The van der Waals surface area contributed by atoms with Crippen LogP contribution in [0.1, 0.15) is 46.5 Å². The Balaban J connectivity index is 2.47. The molecule has 0 aromatic rings. The maximum absolute atomic E-state index is 5.87. The van der Waals surface area contributed by atoms with Gasteiger partial charge in [0.15, 0.2) is 0 Å². The van der Waals surface area contributed by atoms with Gasteiger partial charge in [0.05, 0.1) is 5.60 Å². The van der Waals surface area contributed by atoms with E-state index in [0.717, 1.165) is 25.2 Å². The van der Waals surface area contributed by atoms with E-state index in [-0.39, 0.29) is 5.60 Å². The number of hydrogen-bond donors (Lipinski definition) is 1. The summed E-state index contributed by atoms with van der Waals surface area (Å²) in [7, 11) is 0. The van der Waals surface area contributed by atoms with Crippen molar-refractivity contribution in [3.05, 3.63) is 0 Å². The lowest BCUT2D eigenvalue weighted by Crippen LogP contribution is -2.40. The Kier molecular flexibility index (Phi) is 3.70. The third-order valence-electron chi connectivity index (χ3n) is 2.95.